The molecule has 0 saturated heterocycles. The van der Waals surface area contributed by atoms with Crippen LogP contribution in [-0.2, 0) is 13.1 Å². The van der Waals surface area contributed by atoms with Crippen molar-refractivity contribution in [2.75, 3.05) is 29.3 Å². The Morgan fingerprint density at radius 3 is 2.54 bits per heavy atom. The van der Waals surface area contributed by atoms with E-state index >= 15 is 0 Å². The Morgan fingerprint density at radius 1 is 1.16 bits per heavy atom. The molecule has 13 heteroatoms. The summed E-state index contributed by atoms with van der Waals surface area (Å²) in [5.74, 6) is 1.60. The van der Waals surface area contributed by atoms with E-state index in [1.54, 1.807) is 22.7 Å². The van der Waals surface area contributed by atoms with Gasteiger partial charge in [0.15, 0.2) is 0 Å². The number of hydrogen-bond acceptors (Lipinski definition) is 9. The number of urea groups is 1. The Kier molecular flexibility index (Phi) is 7.57. The van der Waals surface area contributed by atoms with Crippen molar-refractivity contribution in [2.24, 2.45) is 5.73 Å². The number of rotatable bonds is 7. The van der Waals surface area contributed by atoms with Crippen LogP contribution in [0.3, 0.4) is 0 Å². The van der Waals surface area contributed by atoms with Crippen molar-refractivity contribution in [3.63, 3.8) is 0 Å². The number of benzene rings is 1. The molecule has 1 aliphatic carbocycles. The Hall–Kier alpha value is -2.86. The number of ether oxygens (including phenoxy) is 2. The summed E-state index contributed by atoms with van der Waals surface area (Å²) in [6.07, 6.45) is 5.84. The Labute approximate surface area is 228 Å². The molecule has 1 aliphatic heterocycles. The molecule has 37 heavy (non-hydrogen) atoms. The molecule has 2 amide bonds. The van der Waals surface area contributed by atoms with Gasteiger partial charge in [-0.2, -0.15) is 4.98 Å². The lowest BCUT2D eigenvalue weighted by molar-refractivity contribution is 0.249. The number of halogens is 2. The van der Waals surface area contributed by atoms with Crippen LogP contribution in [0, 0.1) is 0 Å². The summed E-state index contributed by atoms with van der Waals surface area (Å²) < 4.78 is 10.8. The van der Waals surface area contributed by atoms with E-state index in [0.717, 1.165) is 36.9 Å². The lowest BCUT2D eigenvalue weighted by atomic mass is 9.91. The Morgan fingerprint density at radius 2 is 1.89 bits per heavy atom. The van der Waals surface area contributed by atoms with Gasteiger partial charge >= 0.3 is 6.03 Å². The fraction of sp³-hybridized carbons (Fsp3) is 0.417. The molecule has 0 radical (unpaired) electrons. The van der Waals surface area contributed by atoms with Gasteiger partial charge in [-0.15, -0.1) is 11.3 Å². The van der Waals surface area contributed by atoms with Gasteiger partial charge in [-0.1, -0.05) is 36.0 Å². The first kappa shape index (κ1) is 25.8. The Balaban J connectivity index is 1.56. The minimum absolute atomic E-state index is 0.0314. The molecule has 1 aromatic carbocycles. The largest absolute Gasteiger partial charge is 0.495 e. The summed E-state index contributed by atoms with van der Waals surface area (Å²) in [5.41, 5.74) is 9.78. The molecule has 10 nitrogen and oxygen atoms in total. The van der Waals surface area contributed by atoms with Crippen LogP contribution in [0.25, 0.3) is 0 Å². The van der Waals surface area contributed by atoms with Gasteiger partial charge in [-0.05, 0) is 12.8 Å². The van der Waals surface area contributed by atoms with E-state index in [0.29, 0.717) is 23.3 Å². The average Bonchev–Trinajstić information content (AvgIpc) is 3.41. The predicted molar refractivity (Wildman–Crippen MR) is 145 cm³/mol. The number of carbonyl (C=O) groups is 1. The first-order valence-electron chi connectivity index (χ1n) is 11.8. The van der Waals surface area contributed by atoms with Crippen molar-refractivity contribution in [1.29, 1.82) is 0 Å². The van der Waals surface area contributed by atoms with Crippen molar-refractivity contribution < 1.29 is 14.3 Å². The van der Waals surface area contributed by atoms with Gasteiger partial charge < -0.3 is 20.5 Å². The third kappa shape index (κ3) is 5.00. The summed E-state index contributed by atoms with van der Waals surface area (Å²) in [7, 11) is 2.97. The molecular formula is C24H27Cl2N7O3S. The molecule has 196 valence electrons. The first-order chi connectivity index (χ1) is 17.9. The van der Waals surface area contributed by atoms with Gasteiger partial charge in [0, 0.05) is 35.3 Å². The quantitative estimate of drug-likeness (QED) is 0.408. The molecule has 5 rings (SSSR count). The smallest absolute Gasteiger partial charge is 0.330 e. The molecule has 0 bridgehead atoms. The molecule has 3 N–H and O–H groups in total. The zero-order valence-corrected chi connectivity index (χ0v) is 22.7. The van der Waals surface area contributed by atoms with Crippen LogP contribution >= 0.6 is 34.5 Å². The van der Waals surface area contributed by atoms with Crippen molar-refractivity contribution in [2.45, 2.75) is 50.9 Å². The van der Waals surface area contributed by atoms with Gasteiger partial charge in [0.25, 0.3) is 0 Å². The molecule has 3 aromatic rings. The standard InChI is InChI=1S/C24H27Cl2N7O3S/c1-35-17-7-18(36-2)20(26)21(19(17)25)32-9-13-8-28-23(30-16-6-4-3-5-15(16)27)31-22(13)33(24(32)34)10-14-11-37-12-29-14/h7-8,11-12,15-16H,3-6,9-10,27H2,1-2H3,(H,28,30,31)/t15?,16-/m1/s1. The number of amides is 2. The average molecular weight is 564 g/mol. The topological polar surface area (TPSA) is 119 Å². The summed E-state index contributed by atoms with van der Waals surface area (Å²) in [6.45, 7) is 0.363. The van der Waals surface area contributed by atoms with Crippen LogP contribution in [0.2, 0.25) is 10.0 Å². The second-order valence-corrected chi connectivity index (χ2v) is 10.4. The number of aromatic nitrogens is 3. The highest BCUT2D eigenvalue weighted by Gasteiger charge is 2.37. The van der Waals surface area contributed by atoms with E-state index in [1.165, 1.54) is 30.5 Å². The van der Waals surface area contributed by atoms with Crippen molar-refractivity contribution >= 4 is 58.0 Å². The second-order valence-electron chi connectivity index (χ2n) is 8.93. The summed E-state index contributed by atoms with van der Waals surface area (Å²) >= 11 is 14.8. The number of nitrogens with zero attached hydrogens (tertiary/aromatic N) is 5. The number of carbonyl (C=O) groups excluding carboxylic acids is 1. The van der Waals surface area contributed by atoms with Crippen LogP contribution in [0.15, 0.2) is 23.2 Å². The number of hydrogen-bond donors (Lipinski definition) is 2. The summed E-state index contributed by atoms with van der Waals surface area (Å²) in [6, 6.07) is 1.33. The normalized spacial score (nSPS) is 19.5. The zero-order valence-electron chi connectivity index (χ0n) is 20.4. The minimum Gasteiger partial charge on any atom is -0.495 e. The number of fused-ring (bicyclic) bond motifs is 1. The van der Waals surface area contributed by atoms with Gasteiger partial charge in [0.1, 0.15) is 27.4 Å². The Bertz CT molecular complexity index is 1270. The summed E-state index contributed by atoms with van der Waals surface area (Å²) in [4.78, 5) is 30.7. The van der Waals surface area contributed by atoms with Crippen LogP contribution in [0.5, 0.6) is 11.5 Å². The van der Waals surface area contributed by atoms with Crippen LogP contribution in [-0.4, -0.2) is 47.3 Å². The molecule has 2 aromatic heterocycles. The maximum atomic E-state index is 14.0. The molecule has 2 atom stereocenters. The van der Waals surface area contributed by atoms with Crippen LogP contribution < -0.4 is 30.3 Å². The minimum atomic E-state index is -0.362. The molecule has 0 spiro atoms. The maximum Gasteiger partial charge on any atom is 0.330 e. The predicted octanol–water partition coefficient (Wildman–Crippen LogP) is 5.09. The zero-order chi connectivity index (χ0) is 26.1. The van der Waals surface area contributed by atoms with Crippen molar-refractivity contribution in [3.8, 4) is 11.5 Å². The molecule has 3 heterocycles. The van der Waals surface area contributed by atoms with Crippen molar-refractivity contribution in [1.82, 2.24) is 15.0 Å². The van der Waals surface area contributed by atoms with E-state index in [1.807, 2.05) is 5.38 Å². The molecular weight excluding hydrogens is 537 g/mol. The second kappa shape index (κ2) is 10.9. The van der Waals surface area contributed by atoms with Crippen molar-refractivity contribution in [3.05, 3.63) is 44.5 Å². The molecule has 2 aliphatic rings. The van der Waals surface area contributed by atoms with Gasteiger partial charge in [0.2, 0.25) is 5.95 Å². The SMILES string of the molecule is COc1cc(OC)c(Cl)c(N2Cc3cnc(N[C@@H]4CCCCC4N)nc3N(Cc3cscn3)C2=O)c1Cl. The van der Waals surface area contributed by atoms with E-state index < -0.39 is 0 Å². The van der Waals surface area contributed by atoms with E-state index in [2.05, 4.69) is 15.3 Å². The fourth-order valence-corrected chi connectivity index (χ4v) is 5.95. The maximum absolute atomic E-state index is 14.0. The number of nitrogens with one attached hydrogen (secondary N) is 1. The highest BCUT2D eigenvalue weighted by Crippen LogP contribution is 2.48. The lowest BCUT2D eigenvalue weighted by Crippen LogP contribution is -2.48. The van der Waals surface area contributed by atoms with Gasteiger partial charge in [-0.25, -0.2) is 14.8 Å². The highest BCUT2D eigenvalue weighted by molar-refractivity contribution is 7.07. The van der Waals surface area contributed by atoms with E-state index in [9.17, 15) is 4.79 Å². The highest BCUT2D eigenvalue weighted by atomic mass is 35.5. The molecule has 1 saturated carbocycles. The fourth-order valence-electron chi connectivity index (χ4n) is 4.70. The van der Waals surface area contributed by atoms with Crippen LogP contribution in [0.1, 0.15) is 36.9 Å². The van der Waals surface area contributed by atoms with Gasteiger partial charge in [-0.3, -0.25) is 9.80 Å². The number of methoxy groups -OCH3 is 2. The monoisotopic (exact) mass is 563 g/mol. The number of nitrogens with two attached hydrogens (primary N) is 1. The summed E-state index contributed by atoms with van der Waals surface area (Å²) in [5, 5.41) is 5.67. The third-order valence-corrected chi connectivity index (χ3v) is 8.01. The molecule has 1 unspecified atom stereocenters. The first-order valence-corrected chi connectivity index (χ1v) is 13.5. The van der Waals surface area contributed by atoms with E-state index in [-0.39, 0.29) is 46.9 Å². The third-order valence-electron chi connectivity index (χ3n) is 6.65. The molecule has 1 fully saturated rings. The van der Waals surface area contributed by atoms with Gasteiger partial charge in [0.05, 0.1) is 44.2 Å². The number of thiazole rings is 1. The lowest BCUT2D eigenvalue weighted by Gasteiger charge is -2.37. The number of anilines is 3. The van der Waals surface area contributed by atoms with E-state index in [4.69, 9.17) is 43.4 Å². The van der Waals surface area contributed by atoms with Crippen LogP contribution in [0.4, 0.5) is 22.2 Å².